The van der Waals surface area contributed by atoms with Gasteiger partial charge < -0.3 is 14.5 Å². The first-order valence-corrected chi connectivity index (χ1v) is 9.67. The van der Waals surface area contributed by atoms with Gasteiger partial charge in [0.1, 0.15) is 12.1 Å². The molecule has 1 unspecified atom stereocenters. The molecule has 2 saturated heterocycles. The molecule has 1 aromatic rings. The van der Waals surface area contributed by atoms with Gasteiger partial charge in [0.05, 0.1) is 12.5 Å². The maximum Gasteiger partial charge on any atom is 0.225 e. The van der Waals surface area contributed by atoms with E-state index in [1.165, 1.54) is 12.8 Å². The third-order valence-corrected chi connectivity index (χ3v) is 5.63. The quantitative estimate of drug-likeness (QED) is 0.820. The van der Waals surface area contributed by atoms with E-state index in [2.05, 4.69) is 20.9 Å². The highest BCUT2D eigenvalue weighted by Crippen LogP contribution is 2.35. The minimum atomic E-state index is 0.150. The van der Waals surface area contributed by atoms with Gasteiger partial charge in [-0.15, -0.1) is 0 Å². The van der Waals surface area contributed by atoms with Crippen molar-refractivity contribution in [2.24, 2.45) is 0 Å². The van der Waals surface area contributed by atoms with Crippen molar-refractivity contribution in [1.82, 2.24) is 14.9 Å². The van der Waals surface area contributed by atoms with Gasteiger partial charge in [-0.3, -0.25) is 4.79 Å². The molecule has 136 valence electrons. The lowest BCUT2D eigenvalue weighted by Gasteiger charge is -2.39. The maximum atomic E-state index is 12.5. The van der Waals surface area contributed by atoms with Crippen LogP contribution in [0.5, 0.6) is 0 Å². The van der Waals surface area contributed by atoms with Crippen molar-refractivity contribution < 1.29 is 9.53 Å². The molecule has 0 bridgehead atoms. The molecule has 0 spiro atoms. The highest BCUT2D eigenvalue weighted by atomic mass is 16.5. The number of carbonyl (C=O) groups is 1. The van der Waals surface area contributed by atoms with Crippen LogP contribution in [0.3, 0.4) is 0 Å². The average molecular weight is 344 g/mol. The monoisotopic (exact) mass is 344 g/mol. The Labute approximate surface area is 149 Å². The van der Waals surface area contributed by atoms with E-state index in [4.69, 9.17) is 4.74 Å². The molecule has 1 amide bonds. The molecule has 3 fully saturated rings. The maximum absolute atomic E-state index is 12.5. The smallest absolute Gasteiger partial charge is 0.225 e. The second-order valence-corrected chi connectivity index (χ2v) is 7.61. The number of hydrogen-bond donors (Lipinski definition) is 0. The molecule has 0 aromatic carbocycles. The highest BCUT2D eigenvalue weighted by molar-refractivity contribution is 5.76. The van der Waals surface area contributed by atoms with Crippen LogP contribution in [0.4, 0.5) is 5.82 Å². The van der Waals surface area contributed by atoms with Crippen molar-refractivity contribution in [2.75, 3.05) is 24.6 Å². The number of amides is 1. The summed E-state index contributed by atoms with van der Waals surface area (Å²) >= 11 is 0. The molecule has 0 radical (unpaired) electrons. The number of ether oxygens (including phenoxy) is 1. The number of likely N-dealkylation sites (tertiary alicyclic amines) is 1. The lowest BCUT2D eigenvalue weighted by molar-refractivity contribution is -0.134. The van der Waals surface area contributed by atoms with Crippen LogP contribution in [0.15, 0.2) is 12.4 Å². The molecule has 6 heteroatoms. The standard InChI is InChI=1S/C19H28N4O2/c1-14-11-18(21-13-20-14)23(15-4-5-15)16-6-8-22(9-7-16)19(24)12-17-3-2-10-25-17/h11,13,15-17H,2-10,12H2,1H3. The van der Waals surface area contributed by atoms with Crippen molar-refractivity contribution in [3.05, 3.63) is 18.1 Å². The zero-order valence-corrected chi connectivity index (χ0v) is 15.1. The molecule has 1 aliphatic carbocycles. The third-order valence-electron chi connectivity index (χ3n) is 5.63. The first kappa shape index (κ1) is 16.8. The fourth-order valence-electron chi connectivity index (χ4n) is 4.13. The number of aromatic nitrogens is 2. The van der Waals surface area contributed by atoms with Crippen molar-refractivity contribution in [3.63, 3.8) is 0 Å². The average Bonchev–Trinajstić information content (AvgIpc) is 3.31. The molecule has 2 aliphatic heterocycles. The minimum absolute atomic E-state index is 0.150. The molecule has 3 aliphatic rings. The Kier molecular flexibility index (Phi) is 4.88. The van der Waals surface area contributed by atoms with E-state index >= 15 is 0 Å². The third kappa shape index (κ3) is 3.94. The number of piperidine rings is 1. The second-order valence-electron chi connectivity index (χ2n) is 7.61. The normalized spacial score (nSPS) is 24.5. The molecule has 1 aromatic heterocycles. The summed E-state index contributed by atoms with van der Waals surface area (Å²) in [4.78, 5) is 25.8. The largest absolute Gasteiger partial charge is 0.378 e. The molecule has 0 N–H and O–H groups in total. The lowest BCUT2D eigenvalue weighted by Crippen LogP contribution is -2.48. The molecule has 6 nitrogen and oxygen atoms in total. The van der Waals surface area contributed by atoms with Crippen LogP contribution in [-0.2, 0) is 9.53 Å². The summed E-state index contributed by atoms with van der Waals surface area (Å²) in [6.07, 6.45) is 9.05. The number of carbonyl (C=O) groups excluding carboxylic acids is 1. The van der Waals surface area contributed by atoms with Crippen molar-refractivity contribution in [2.45, 2.75) is 70.1 Å². The molecular formula is C19H28N4O2. The van der Waals surface area contributed by atoms with Gasteiger partial charge in [-0.2, -0.15) is 0 Å². The number of aryl methyl sites for hydroxylation is 1. The van der Waals surface area contributed by atoms with Crippen LogP contribution in [0, 0.1) is 6.92 Å². The van der Waals surface area contributed by atoms with E-state index in [1.807, 2.05) is 11.8 Å². The SMILES string of the molecule is Cc1cc(N(C2CC2)C2CCN(C(=O)CC3CCCO3)CC2)ncn1. The molecule has 1 saturated carbocycles. The summed E-state index contributed by atoms with van der Waals surface area (Å²) in [6, 6.07) is 3.19. The van der Waals surface area contributed by atoms with Crippen LogP contribution >= 0.6 is 0 Å². The van der Waals surface area contributed by atoms with Gasteiger partial charge in [0, 0.05) is 43.5 Å². The number of nitrogens with zero attached hydrogens (tertiary/aromatic N) is 4. The van der Waals surface area contributed by atoms with Gasteiger partial charge in [0.25, 0.3) is 0 Å². The molecule has 4 rings (SSSR count). The fraction of sp³-hybridized carbons (Fsp3) is 0.737. The van der Waals surface area contributed by atoms with Gasteiger partial charge in [-0.1, -0.05) is 0 Å². The Morgan fingerprint density at radius 3 is 2.60 bits per heavy atom. The zero-order chi connectivity index (χ0) is 17.2. The van der Waals surface area contributed by atoms with Crippen molar-refractivity contribution >= 4 is 11.7 Å². The van der Waals surface area contributed by atoms with Crippen LogP contribution < -0.4 is 4.90 Å². The van der Waals surface area contributed by atoms with Crippen molar-refractivity contribution in [3.8, 4) is 0 Å². The topological polar surface area (TPSA) is 58.6 Å². The van der Waals surface area contributed by atoms with E-state index in [0.29, 0.717) is 18.5 Å². The summed E-state index contributed by atoms with van der Waals surface area (Å²) in [7, 11) is 0. The summed E-state index contributed by atoms with van der Waals surface area (Å²) in [6.45, 7) is 4.53. The Hall–Kier alpha value is -1.69. The van der Waals surface area contributed by atoms with Gasteiger partial charge >= 0.3 is 0 Å². The number of anilines is 1. The van der Waals surface area contributed by atoms with Crippen LogP contribution in [0.2, 0.25) is 0 Å². The van der Waals surface area contributed by atoms with Crippen LogP contribution in [0.1, 0.15) is 50.6 Å². The highest BCUT2D eigenvalue weighted by Gasteiger charge is 2.37. The van der Waals surface area contributed by atoms with Gasteiger partial charge in [-0.05, 0) is 45.4 Å². The van der Waals surface area contributed by atoms with E-state index in [0.717, 1.165) is 56.9 Å². The van der Waals surface area contributed by atoms with E-state index in [-0.39, 0.29) is 12.0 Å². The van der Waals surface area contributed by atoms with Crippen LogP contribution in [-0.4, -0.2) is 58.7 Å². The van der Waals surface area contributed by atoms with E-state index in [9.17, 15) is 4.79 Å². The molecule has 3 heterocycles. The minimum Gasteiger partial charge on any atom is -0.378 e. The van der Waals surface area contributed by atoms with E-state index in [1.54, 1.807) is 6.33 Å². The molecule has 25 heavy (non-hydrogen) atoms. The van der Waals surface area contributed by atoms with Gasteiger partial charge in [-0.25, -0.2) is 9.97 Å². The molecule has 1 atom stereocenters. The van der Waals surface area contributed by atoms with E-state index < -0.39 is 0 Å². The first-order chi connectivity index (χ1) is 12.2. The predicted octanol–water partition coefficient (Wildman–Crippen LogP) is 2.31. The lowest BCUT2D eigenvalue weighted by atomic mass is 10.0. The zero-order valence-electron chi connectivity index (χ0n) is 15.1. The summed E-state index contributed by atoms with van der Waals surface area (Å²) in [5.74, 6) is 1.32. The second kappa shape index (κ2) is 7.28. The number of hydrogen-bond acceptors (Lipinski definition) is 5. The fourth-order valence-corrected chi connectivity index (χ4v) is 4.13. The number of rotatable bonds is 5. The summed E-state index contributed by atoms with van der Waals surface area (Å²) in [5, 5.41) is 0. The Morgan fingerprint density at radius 2 is 1.96 bits per heavy atom. The van der Waals surface area contributed by atoms with Gasteiger partial charge in [0.15, 0.2) is 0 Å². The molecular weight excluding hydrogens is 316 g/mol. The van der Waals surface area contributed by atoms with Crippen molar-refractivity contribution in [1.29, 1.82) is 0 Å². The Morgan fingerprint density at radius 1 is 1.20 bits per heavy atom. The summed E-state index contributed by atoms with van der Waals surface area (Å²) in [5.41, 5.74) is 1.01. The first-order valence-electron chi connectivity index (χ1n) is 9.67. The summed E-state index contributed by atoms with van der Waals surface area (Å²) < 4.78 is 5.61. The Bertz CT molecular complexity index is 605. The predicted molar refractivity (Wildman–Crippen MR) is 95.5 cm³/mol. The Balaban J connectivity index is 1.36. The van der Waals surface area contributed by atoms with Gasteiger partial charge in [0.2, 0.25) is 5.91 Å². The van der Waals surface area contributed by atoms with Crippen LogP contribution in [0.25, 0.3) is 0 Å².